The normalized spacial score (nSPS) is 28.7. The minimum absolute atomic E-state index is 0.247. The molecule has 1 aromatic rings. The Morgan fingerprint density at radius 1 is 1.45 bits per heavy atom. The molecule has 2 fully saturated rings. The number of fused-ring (bicyclic) bond motifs is 1. The summed E-state index contributed by atoms with van der Waals surface area (Å²) in [6, 6.07) is 5.79. The lowest BCUT2D eigenvalue weighted by Crippen LogP contribution is -2.35. The Morgan fingerprint density at radius 2 is 2.25 bits per heavy atom. The van der Waals surface area contributed by atoms with Crippen molar-refractivity contribution in [3.8, 4) is 0 Å². The fourth-order valence-corrected chi connectivity index (χ4v) is 3.97. The van der Waals surface area contributed by atoms with Crippen LogP contribution in [0.1, 0.15) is 18.9 Å². The first-order valence-corrected chi connectivity index (χ1v) is 7.34. The number of nitro groups is 1. The van der Waals surface area contributed by atoms with Crippen molar-refractivity contribution in [3.63, 3.8) is 0 Å². The summed E-state index contributed by atoms with van der Waals surface area (Å²) in [5, 5.41) is 14.8. The molecule has 3 unspecified atom stereocenters. The highest BCUT2D eigenvalue weighted by Gasteiger charge is 2.45. The molecule has 5 heteroatoms. The van der Waals surface area contributed by atoms with Crippen LogP contribution in [0.4, 0.5) is 11.4 Å². The summed E-state index contributed by atoms with van der Waals surface area (Å²) in [5.41, 5.74) is 2.08. The number of anilines is 1. The van der Waals surface area contributed by atoms with Crippen LogP contribution in [0.25, 0.3) is 0 Å². The third-order valence-electron chi connectivity index (χ3n) is 4.84. The minimum Gasteiger partial charge on any atom is -0.362 e. The Labute approximate surface area is 119 Å². The lowest BCUT2D eigenvalue weighted by Gasteiger charge is -2.29. The number of nitrogens with one attached hydrogen (secondary N) is 1. The highest BCUT2D eigenvalue weighted by atomic mass is 16.6. The molecule has 0 aromatic heterocycles. The number of hydrogen-bond acceptors (Lipinski definition) is 4. The predicted molar refractivity (Wildman–Crippen MR) is 79.1 cm³/mol. The van der Waals surface area contributed by atoms with Gasteiger partial charge in [-0.3, -0.25) is 10.1 Å². The van der Waals surface area contributed by atoms with Crippen molar-refractivity contribution in [1.82, 2.24) is 5.32 Å². The summed E-state index contributed by atoms with van der Waals surface area (Å²) in [4.78, 5) is 13.4. The van der Waals surface area contributed by atoms with Crippen molar-refractivity contribution in [3.05, 3.63) is 33.9 Å². The zero-order valence-corrected chi connectivity index (χ0v) is 12.0. The molecule has 2 heterocycles. The number of para-hydroxylation sites is 1. The summed E-state index contributed by atoms with van der Waals surface area (Å²) < 4.78 is 0. The van der Waals surface area contributed by atoms with Crippen LogP contribution in [-0.2, 0) is 0 Å². The van der Waals surface area contributed by atoms with Crippen molar-refractivity contribution >= 4 is 11.4 Å². The molecule has 2 saturated heterocycles. The maximum absolute atomic E-state index is 11.3. The van der Waals surface area contributed by atoms with Crippen LogP contribution in [0.3, 0.4) is 0 Å². The van der Waals surface area contributed by atoms with E-state index >= 15 is 0 Å². The third kappa shape index (κ3) is 1.97. The van der Waals surface area contributed by atoms with E-state index in [4.69, 9.17) is 0 Å². The fraction of sp³-hybridized carbons (Fsp3) is 0.600. The number of hydrogen-bond donors (Lipinski definition) is 1. The summed E-state index contributed by atoms with van der Waals surface area (Å²) in [7, 11) is 0. The van der Waals surface area contributed by atoms with Gasteiger partial charge in [0.2, 0.25) is 0 Å². The van der Waals surface area contributed by atoms with Crippen LogP contribution < -0.4 is 10.2 Å². The molecule has 0 bridgehead atoms. The average molecular weight is 275 g/mol. The summed E-state index contributed by atoms with van der Waals surface area (Å²) in [5.74, 6) is 1.25. The SMILES string of the molecule is CCC1C2CNCC2CN1c1c(C)cccc1[N+](=O)[O-]. The smallest absolute Gasteiger partial charge is 0.292 e. The Kier molecular flexibility index (Phi) is 3.38. The maximum Gasteiger partial charge on any atom is 0.292 e. The zero-order chi connectivity index (χ0) is 14.3. The lowest BCUT2D eigenvalue weighted by molar-refractivity contribution is -0.384. The molecular weight excluding hydrogens is 254 g/mol. The summed E-state index contributed by atoms with van der Waals surface area (Å²) in [6.07, 6.45) is 1.04. The maximum atomic E-state index is 11.3. The van der Waals surface area contributed by atoms with E-state index in [1.54, 1.807) is 12.1 Å². The van der Waals surface area contributed by atoms with Crippen molar-refractivity contribution in [2.75, 3.05) is 24.5 Å². The molecule has 0 radical (unpaired) electrons. The van der Waals surface area contributed by atoms with Crippen LogP contribution in [0, 0.1) is 28.9 Å². The second-order valence-electron chi connectivity index (χ2n) is 5.91. The van der Waals surface area contributed by atoms with Crippen molar-refractivity contribution in [2.45, 2.75) is 26.3 Å². The Bertz CT molecular complexity index is 532. The quantitative estimate of drug-likeness (QED) is 0.679. The standard InChI is InChI=1S/C15H21N3O2/c1-3-13-12-8-16-7-11(12)9-17(13)15-10(2)5-4-6-14(15)18(19)20/h4-6,11-13,16H,3,7-9H2,1-2H3. The number of rotatable bonds is 3. The van der Waals surface area contributed by atoms with Gasteiger partial charge in [0, 0.05) is 31.7 Å². The first-order chi connectivity index (χ1) is 9.63. The van der Waals surface area contributed by atoms with Gasteiger partial charge in [-0.05, 0) is 30.7 Å². The highest BCUT2D eigenvalue weighted by Crippen LogP contribution is 2.42. The molecule has 0 aliphatic carbocycles. The van der Waals surface area contributed by atoms with Gasteiger partial charge in [-0.1, -0.05) is 19.1 Å². The van der Waals surface area contributed by atoms with Gasteiger partial charge in [-0.25, -0.2) is 0 Å². The van der Waals surface area contributed by atoms with Gasteiger partial charge in [0.25, 0.3) is 5.69 Å². The molecular formula is C15H21N3O2. The van der Waals surface area contributed by atoms with Crippen molar-refractivity contribution in [2.24, 2.45) is 11.8 Å². The monoisotopic (exact) mass is 275 g/mol. The second kappa shape index (κ2) is 5.05. The highest BCUT2D eigenvalue weighted by molar-refractivity contribution is 5.69. The molecule has 108 valence electrons. The molecule has 0 spiro atoms. The van der Waals surface area contributed by atoms with Gasteiger partial charge in [0.15, 0.2) is 0 Å². The topological polar surface area (TPSA) is 58.4 Å². The molecule has 1 N–H and O–H groups in total. The molecule has 1 aromatic carbocycles. The van der Waals surface area contributed by atoms with E-state index in [2.05, 4.69) is 17.1 Å². The van der Waals surface area contributed by atoms with Gasteiger partial charge in [-0.15, -0.1) is 0 Å². The first kappa shape index (κ1) is 13.4. The Hall–Kier alpha value is -1.62. The Balaban J connectivity index is 2.03. The number of benzene rings is 1. The van der Waals surface area contributed by atoms with Gasteiger partial charge >= 0.3 is 0 Å². The molecule has 0 saturated carbocycles. The predicted octanol–water partition coefficient (Wildman–Crippen LogP) is 2.34. The summed E-state index contributed by atoms with van der Waals surface area (Å²) in [6.45, 7) is 7.17. The largest absolute Gasteiger partial charge is 0.362 e. The zero-order valence-electron chi connectivity index (χ0n) is 12.0. The molecule has 2 aliphatic rings. The van der Waals surface area contributed by atoms with Crippen molar-refractivity contribution < 1.29 is 4.92 Å². The molecule has 0 amide bonds. The molecule has 5 nitrogen and oxygen atoms in total. The van der Waals surface area contributed by atoms with Crippen LogP contribution in [0.2, 0.25) is 0 Å². The number of nitrogens with zero attached hydrogens (tertiary/aromatic N) is 2. The Morgan fingerprint density at radius 3 is 2.95 bits per heavy atom. The number of aryl methyl sites for hydroxylation is 1. The summed E-state index contributed by atoms with van der Waals surface area (Å²) >= 11 is 0. The van der Waals surface area contributed by atoms with Crippen LogP contribution in [-0.4, -0.2) is 30.6 Å². The van der Waals surface area contributed by atoms with Crippen LogP contribution in [0.5, 0.6) is 0 Å². The number of nitro benzene ring substituents is 1. The molecule has 3 rings (SSSR count). The van der Waals surface area contributed by atoms with E-state index in [1.807, 2.05) is 13.0 Å². The minimum atomic E-state index is -0.249. The van der Waals surface area contributed by atoms with E-state index < -0.39 is 0 Å². The first-order valence-electron chi connectivity index (χ1n) is 7.34. The average Bonchev–Trinajstić information content (AvgIpc) is 2.98. The van der Waals surface area contributed by atoms with Gasteiger partial charge in [0.05, 0.1) is 4.92 Å². The van der Waals surface area contributed by atoms with Gasteiger partial charge < -0.3 is 10.2 Å². The third-order valence-corrected chi connectivity index (χ3v) is 4.84. The van der Waals surface area contributed by atoms with Gasteiger partial charge in [-0.2, -0.15) is 0 Å². The van der Waals surface area contributed by atoms with Gasteiger partial charge in [0.1, 0.15) is 5.69 Å². The lowest BCUT2D eigenvalue weighted by atomic mass is 9.92. The molecule has 2 aliphatic heterocycles. The van der Waals surface area contributed by atoms with E-state index in [9.17, 15) is 10.1 Å². The van der Waals surface area contributed by atoms with Crippen LogP contribution in [0.15, 0.2) is 18.2 Å². The van der Waals surface area contributed by atoms with E-state index in [-0.39, 0.29) is 10.6 Å². The second-order valence-corrected chi connectivity index (χ2v) is 5.91. The molecule has 3 atom stereocenters. The fourth-order valence-electron chi connectivity index (χ4n) is 3.97. The van der Waals surface area contributed by atoms with Crippen LogP contribution >= 0.6 is 0 Å². The van der Waals surface area contributed by atoms with E-state index in [1.165, 1.54) is 0 Å². The van der Waals surface area contributed by atoms with Crippen molar-refractivity contribution in [1.29, 1.82) is 0 Å². The van der Waals surface area contributed by atoms with E-state index in [0.29, 0.717) is 17.9 Å². The van der Waals surface area contributed by atoms with E-state index in [0.717, 1.165) is 37.3 Å². The molecule has 20 heavy (non-hydrogen) atoms.